The van der Waals surface area contributed by atoms with Crippen molar-refractivity contribution in [2.45, 2.75) is 91.4 Å². The first-order valence-corrected chi connectivity index (χ1v) is 12.6. The van der Waals surface area contributed by atoms with Gasteiger partial charge in [-0.2, -0.15) is 4.90 Å². The Morgan fingerprint density at radius 3 is 2.14 bits per heavy atom. The number of aromatic nitrogens is 1. The zero-order chi connectivity index (χ0) is 27.1. The van der Waals surface area contributed by atoms with Crippen LogP contribution >= 0.6 is 0 Å². The molecule has 1 fully saturated rings. The minimum atomic E-state index is -1.10. The maximum atomic E-state index is 13.7. The van der Waals surface area contributed by atoms with Crippen molar-refractivity contribution in [1.29, 1.82) is 0 Å². The lowest BCUT2D eigenvalue weighted by molar-refractivity contribution is -0.590. The van der Waals surface area contributed by atoms with E-state index in [1.165, 1.54) is 6.20 Å². The van der Waals surface area contributed by atoms with Gasteiger partial charge in [0.25, 0.3) is 5.82 Å². The smallest absolute Gasteiger partial charge is 0.420 e. The Hall–Kier alpha value is -3.04. The Labute approximate surface area is 214 Å². The highest BCUT2D eigenvalue weighted by molar-refractivity contribution is 5.95. The first-order chi connectivity index (χ1) is 16.7. The molecule has 1 unspecified atom stereocenters. The van der Waals surface area contributed by atoms with Gasteiger partial charge in [0.2, 0.25) is 5.91 Å². The third-order valence-electron chi connectivity index (χ3n) is 5.66. The van der Waals surface area contributed by atoms with E-state index < -0.39 is 29.4 Å². The van der Waals surface area contributed by atoms with Crippen molar-refractivity contribution in [2.24, 2.45) is 5.92 Å². The number of carbonyl (C=O) groups is 3. The molecule has 0 saturated carbocycles. The van der Waals surface area contributed by atoms with Crippen LogP contribution in [0.5, 0.6) is 0 Å². The van der Waals surface area contributed by atoms with Crippen LogP contribution in [0, 0.1) is 11.1 Å². The molecule has 10 heteroatoms. The van der Waals surface area contributed by atoms with Crippen LogP contribution in [0.2, 0.25) is 0 Å². The second kappa shape index (κ2) is 12.3. The molecule has 3 amide bonds. The zero-order valence-corrected chi connectivity index (χ0v) is 22.7. The normalized spacial score (nSPS) is 15.7. The number of imide groups is 1. The molecule has 0 bridgehead atoms. The lowest BCUT2D eigenvalue weighted by Gasteiger charge is -2.37. The van der Waals surface area contributed by atoms with Crippen molar-refractivity contribution in [1.82, 2.24) is 9.80 Å². The fourth-order valence-corrected chi connectivity index (χ4v) is 3.83. The van der Waals surface area contributed by atoms with Crippen molar-refractivity contribution < 1.29 is 28.6 Å². The summed E-state index contributed by atoms with van der Waals surface area (Å²) in [6.45, 7) is 13.8. The maximum absolute atomic E-state index is 13.7. The predicted molar refractivity (Wildman–Crippen MR) is 136 cm³/mol. The van der Waals surface area contributed by atoms with E-state index in [9.17, 15) is 19.6 Å². The molecule has 1 aromatic heterocycles. The standard InChI is InChI=1S/C26H42N4O6/c1-19-13-17-28(18-14-19)22(31)20(11-10-15-27-21-12-8-9-16-29(21)34)30(23(32)35-25(2,3)4)24(33)36-26(5,6)7/h8-9,12,16,19-20,27H,10-11,13-15,17-18H2,1-7H3. The minimum Gasteiger partial charge on any atom is -0.711 e. The number of anilines is 1. The molecule has 1 aliphatic heterocycles. The Morgan fingerprint density at radius 2 is 1.64 bits per heavy atom. The van der Waals surface area contributed by atoms with E-state index in [-0.39, 0.29) is 12.3 Å². The highest BCUT2D eigenvalue weighted by Gasteiger charge is 2.42. The number of hydrogen-bond acceptors (Lipinski definition) is 7. The van der Waals surface area contributed by atoms with E-state index in [1.54, 1.807) is 64.6 Å². The second-order valence-corrected chi connectivity index (χ2v) is 11.3. The van der Waals surface area contributed by atoms with Crippen molar-refractivity contribution in [3.63, 3.8) is 0 Å². The molecule has 0 radical (unpaired) electrons. The van der Waals surface area contributed by atoms with Crippen molar-refractivity contribution in [3.8, 4) is 0 Å². The summed E-state index contributed by atoms with van der Waals surface area (Å²) in [7, 11) is 0. The summed E-state index contributed by atoms with van der Waals surface area (Å²) in [5, 5.41) is 14.9. The highest BCUT2D eigenvalue weighted by Crippen LogP contribution is 2.23. The maximum Gasteiger partial charge on any atom is 0.420 e. The molecule has 2 heterocycles. The van der Waals surface area contributed by atoms with Crippen molar-refractivity contribution in [3.05, 3.63) is 29.6 Å². The summed E-state index contributed by atoms with van der Waals surface area (Å²) < 4.78 is 11.7. The van der Waals surface area contributed by atoms with Gasteiger partial charge >= 0.3 is 12.2 Å². The third-order valence-corrected chi connectivity index (χ3v) is 5.66. The second-order valence-electron chi connectivity index (χ2n) is 11.3. The molecule has 2 rings (SSSR count). The zero-order valence-electron chi connectivity index (χ0n) is 22.7. The van der Waals surface area contributed by atoms with Crippen LogP contribution in [-0.2, 0) is 14.3 Å². The summed E-state index contributed by atoms with van der Waals surface area (Å²) >= 11 is 0. The summed E-state index contributed by atoms with van der Waals surface area (Å²) in [6, 6.07) is 3.93. The van der Waals surface area contributed by atoms with E-state index in [1.807, 2.05) is 0 Å². The average Bonchev–Trinajstić information content (AvgIpc) is 2.74. The van der Waals surface area contributed by atoms with E-state index in [4.69, 9.17) is 9.47 Å². The first-order valence-electron chi connectivity index (χ1n) is 12.6. The van der Waals surface area contributed by atoms with Crippen LogP contribution in [-0.4, -0.2) is 64.8 Å². The van der Waals surface area contributed by atoms with Crippen molar-refractivity contribution in [2.75, 3.05) is 25.0 Å². The summed E-state index contributed by atoms with van der Waals surface area (Å²) in [6.07, 6.45) is 1.86. The molecule has 1 atom stereocenters. The largest absolute Gasteiger partial charge is 0.711 e. The monoisotopic (exact) mass is 506 g/mol. The molecular formula is C26H42N4O6. The fraction of sp³-hybridized carbons (Fsp3) is 0.692. The van der Waals surface area contributed by atoms with Crippen LogP contribution in [0.15, 0.2) is 24.4 Å². The Bertz CT molecular complexity index is 872. The Morgan fingerprint density at radius 1 is 1.08 bits per heavy atom. The van der Waals surface area contributed by atoms with Crippen LogP contribution in [0.4, 0.5) is 15.4 Å². The van der Waals surface area contributed by atoms with Gasteiger partial charge in [-0.05, 0) is 79.2 Å². The minimum absolute atomic E-state index is 0.183. The molecular weight excluding hydrogens is 464 g/mol. The van der Waals surface area contributed by atoms with Gasteiger partial charge in [-0.3, -0.25) is 10.1 Å². The van der Waals surface area contributed by atoms with Gasteiger partial charge in [-0.25, -0.2) is 14.3 Å². The third kappa shape index (κ3) is 9.20. The van der Waals surface area contributed by atoms with Crippen LogP contribution in [0.1, 0.15) is 74.1 Å². The lowest BCUT2D eigenvalue weighted by Crippen LogP contribution is -2.56. The molecule has 0 aromatic carbocycles. The molecule has 1 aromatic rings. The van der Waals surface area contributed by atoms with Gasteiger partial charge in [0.1, 0.15) is 17.2 Å². The van der Waals surface area contributed by atoms with Gasteiger partial charge in [-0.15, -0.1) is 0 Å². The van der Waals surface area contributed by atoms with E-state index >= 15 is 0 Å². The molecule has 10 nitrogen and oxygen atoms in total. The number of piperidine rings is 1. The van der Waals surface area contributed by atoms with E-state index in [2.05, 4.69) is 12.2 Å². The number of ether oxygens (including phenoxy) is 2. The van der Waals surface area contributed by atoms with Crippen LogP contribution in [0.3, 0.4) is 0 Å². The highest BCUT2D eigenvalue weighted by atomic mass is 16.6. The number of pyridine rings is 1. The number of carbonyl (C=O) groups excluding carboxylic acids is 3. The SMILES string of the molecule is CC1CCN(C(=O)C(CCCNc2cccc[n+]2[O-])N(C(=O)OC(C)(C)C)C(=O)OC(C)(C)C)CC1. The number of likely N-dealkylation sites (tertiary alicyclic amines) is 1. The fourth-order valence-electron chi connectivity index (χ4n) is 3.83. The van der Waals surface area contributed by atoms with Gasteiger partial charge in [0.15, 0.2) is 0 Å². The van der Waals surface area contributed by atoms with Gasteiger partial charge in [0, 0.05) is 19.2 Å². The van der Waals surface area contributed by atoms with Gasteiger partial charge in [-0.1, -0.05) is 13.0 Å². The number of amides is 3. The van der Waals surface area contributed by atoms with Gasteiger partial charge in [0.05, 0.1) is 12.7 Å². The Balaban J connectivity index is 2.29. The number of rotatable bonds is 7. The van der Waals surface area contributed by atoms with Crippen LogP contribution in [0.25, 0.3) is 0 Å². The summed E-state index contributed by atoms with van der Waals surface area (Å²) in [5.74, 6) is 0.577. The quantitative estimate of drug-likeness (QED) is 0.333. The van der Waals surface area contributed by atoms with Gasteiger partial charge < -0.3 is 19.6 Å². The van der Waals surface area contributed by atoms with Crippen LogP contribution < -0.4 is 10.0 Å². The topological polar surface area (TPSA) is 115 Å². The number of nitrogens with one attached hydrogen (secondary N) is 1. The van der Waals surface area contributed by atoms with E-state index in [0.29, 0.717) is 42.5 Å². The summed E-state index contributed by atoms with van der Waals surface area (Å²) in [5.41, 5.74) is -1.75. The summed E-state index contributed by atoms with van der Waals surface area (Å²) in [4.78, 5) is 42.7. The number of hydrogen-bond donors (Lipinski definition) is 1. The molecule has 1 saturated heterocycles. The lowest BCUT2D eigenvalue weighted by atomic mass is 9.98. The van der Waals surface area contributed by atoms with Crippen molar-refractivity contribution >= 4 is 23.9 Å². The molecule has 0 spiro atoms. The molecule has 1 N–H and O–H groups in total. The molecule has 0 aliphatic carbocycles. The molecule has 1 aliphatic rings. The average molecular weight is 507 g/mol. The number of nitrogens with zero attached hydrogens (tertiary/aromatic N) is 3. The van der Waals surface area contributed by atoms with E-state index in [0.717, 1.165) is 17.7 Å². The Kier molecular flexibility index (Phi) is 9.95. The molecule has 202 valence electrons. The molecule has 36 heavy (non-hydrogen) atoms. The first kappa shape index (κ1) is 29.2. The predicted octanol–water partition coefficient (Wildman–Crippen LogP) is 4.31.